The highest BCUT2D eigenvalue weighted by Gasteiger charge is 2.40. The molecule has 3 aromatic rings. The van der Waals surface area contributed by atoms with Crippen LogP contribution in [-0.2, 0) is 16.1 Å². The van der Waals surface area contributed by atoms with E-state index in [2.05, 4.69) is 5.32 Å². The Labute approximate surface area is 183 Å². The van der Waals surface area contributed by atoms with Gasteiger partial charge in [0.2, 0.25) is 5.91 Å². The first-order chi connectivity index (χ1) is 14.9. The molecule has 0 spiro atoms. The molecule has 0 unspecified atom stereocenters. The molecular formula is C23H23FN2O4S. The summed E-state index contributed by atoms with van der Waals surface area (Å²) in [7, 11) is 0. The zero-order valence-electron chi connectivity index (χ0n) is 17.1. The first-order valence-electron chi connectivity index (χ1n) is 9.99. The van der Waals surface area contributed by atoms with Gasteiger partial charge in [0.1, 0.15) is 23.7 Å². The van der Waals surface area contributed by atoms with Crippen LogP contribution in [0.25, 0.3) is 10.1 Å². The van der Waals surface area contributed by atoms with E-state index in [0.29, 0.717) is 42.9 Å². The number of fused-ring (bicyclic) bond motifs is 1. The van der Waals surface area contributed by atoms with Crippen LogP contribution in [-0.4, -0.2) is 30.6 Å². The van der Waals surface area contributed by atoms with E-state index in [1.807, 2.05) is 13.0 Å². The summed E-state index contributed by atoms with van der Waals surface area (Å²) in [6.07, 6.45) is 0.679. The number of rotatable bonds is 6. The van der Waals surface area contributed by atoms with E-state index in [1.54, 1.807) is 30.3 Å². The van der Waals surface area contributed by atoms with E-state index in [4.69, 9.17) is 15.2 Å². The molecule has 8 heteroatoms. The van der Waals surface area contributed by atoms with Crippen molar-refractivity contribution in [3.05, 3.63) is 64.3 Å². The predicted octanol–water partition coefficient (Wildman–Crippen LogP) is 3.69. The molecule has 2 amide bonds. The molecule has 0 aliphatic carbocycles. The van der Waals surface area contributed by atoms with Gasteiger partial charge in [-0.1, -0.05) is 18.2 Å². The Balaban J connectivity index is 1.60. The van der Waals surface area contributed by atoms with Crippen LogP contribution < -0.4 is 15.8 Å². The SMILES string of the molecule is Cc1sc2ccc(OCc3ccccc3F)cc2c1C(=O)NC1(C(N)=O)CCOCC1. The fourth-order valence-electron chi connectivity index (χ4n) is 3.78. The molecule has 1 aliphatic heterocycles. The number of hydrogen-bond donors (Lipinski definition) is 2. The third-order valence-corrected chi connectivity index (χ3v) is 6.67. The molecule has 0 radical (unpaired) electrons. The fourth-order valence-corrected chi connectivity index (χ4v) is 4.82. The van der Waals surface area contributed by atoms with Crippen LogP contribution in [0.4, 0.5) is 4.39 Å². The number of thiophene rings is 1. The number of nitrogens with one attached hydrogen (secondary N) is 1. The Morgan fingerprint density at radius 3 is 2.68 bits per heavy atom. The van der Waals surface area contributed by atoms with E-state index in [9.17, 15) is 14.0 Å². The van der Waals surface area contributed by atoms with Gasteiger partial charge in [-0.05, 0) is 31.2 Å². The number of carbonyl (C=O) groups excluding carboxylic acids is 2. The van der Waals surface area contributed by atoms with Gasteiger partial charge in [0.25, 0.3) is 5.91 Å². The van der Waals surface area contributed by atoms with Crippen LogP contribution in [0.5, 0.6) is 5.75 Å². The minimum absolute atomic E-state index is 0.0770. The van der Waals surface area contributed by atoms with Gasteiger partial charge in [-0.15, -0.1) is 11.3 Å². The van der Waals surface area contributed by atoms with Gasteiger partial charge in [0.15, 0.2) is 0 Å². The highest BCUT2D eigenvalue weighted by Crippen LogP contribution is 2.34. The Kier molecular flexibility index (Phi) is 5.93. The van der Waals surface area contributed by atoms with Crippen molar-refractivity contribution in [2.75, 3.05) is 13.2 Å². The fraction of sp³-hybridized carbons (Fsp3) is 0.304. The second-order valence-electron chi connectivity index (χ2n) is 7.58. The smallest absolute Gasteiger partial charge is 0.253 e. The van der Waals surface area contributed by atoms with Crippen LogP contribution in [0.1, 0.15) is 33.6 Å². The maximum absolute atomic E-state index is 13.9. The molecule has 6 nitrogen and oxygen atoms in total. The zero-order valence-corrected chi connectivity index (χ0v) is 17.9. The lowest BCUT2D eigenvalue weighted by Crippen LogP contribution is -2.60. The molecule has 2 heterocycles. The number of hydrogen-bond acceptors (Lipinski definition) is 5. The summed E-state index contributed by atoms with van der Waals surface area (Å²) in [6.45, 7) is 2.66. The minimum Gasteiger partial charge on any atom is -0.489 e. The number of amides is 2. The molecule has 31 heavy (non-hydrogen) atoms. The summed E-state index contributed by atoms with van der Waals surface area (Å²) in [6, 6.07) is 11.9. The van der Waals surface area contributed by atoms with Gasteiger partial charge in [0, 0.05) is 46.6 Å². The lowest BCUT2D eigenvalue weighted by Gasteiger charge is -2.35. The third kappa shape index (κ3) is 4.26. The largest absolute Gasteiger partial charge is 0.489 e. The minimum atomic E-state index is -1.12. The van der Waals surface area contributed by atoms with Gasteiger partial charge in [-0.3, -0.25) is 9.59 Å². The van der Waals surface area contributed by atoms with Crippen molar-refractivity contribution < 1.29 is 23.5 Å². The highest BCUT2D eigenvalue weighted by molar-refractivity contribution is 7.19. The molecule has 1 aliphatic rings. The quantitative estimate of drug-likeness (QED) is 0.609. The molecule has 1 fully saturated rings. The van der Waals surface area contributed by atoms with E-state index >= 15 is 0 Å². The maximum atomic E-state index is 13.9. The van der Waals surface area contributed by atoms with E-state index in [0.717, 1.165) is 15.0 Å². The summed E-state index contributed by atoms with van der Waals surface area (Å²) in [5.74, 6) is -0.715. The number of carbonyl (C=O) groups is 2. The van der Waals surface area contributed by atoms with Crippen molar-refractivity contribution in [3.63, 3.8) is 0 Å². The molecule has 162 valence electrons. The number of aryl methyl sites for hydroxylation is 1. The van der Waals surface area contributed by atoms with Gasteiger partial charge >= 0.3 is 0 Å². The predicted molar refractivity (Wildman–Crippen MR) is 117 cm³/mol. The standard InChI is InChI=1S/C23H23FN2O4S/c1-14-20(21(27)26-23(22(25)28)8-10-29-11-9-23)17-12-16(6-7-19(17)31-14)30-13-15-4-2-3-5-18(15)24/h2-7,12H,8-11,13H2,1H3,(H2,25,28)(H,26,27). The van der Waals surface area contributed by atoms with E-state index in [-0.39, 0.29) is 18.3 Å². The van der Waals surface area contributed by atoms with Gasteiger partial charge in [-0.25, -0.2) is 4.39 Å². The topological polar surface area (TPSA) is 90.6 Å². The van der Waals surface area contributed by atoms with E-state index in [1.165, 1.54) is 17.4 Å². The molecule has 0 saturated carbocycles. The third-order valence-electron chi connectivity index (χ3n) is 5.59. The monoisotopic (exact) mass is 442 g/mol. The summed E-state index contributed by atoms with van der Waals surface area (Å²) in [5.41, 5.74) is 5.45. The lowest BCUT2D eigenvalue weighted by molar-refractivity contribution is -0.127. The highest BCUT2D eigenvalue weighted by atomic mass is 32.1. The molecule has 3 N–H and O–H groups in total. The van der Waals surface area contributed by atoms with Crippen LogP contribution in [0.2, 0.25) is 0 Å². The summed E-state index contributed by atoms with van der Waals surface area (Å²) >= 11 is 1.48. The molecule has 1 saturated heterocycles. The lowest BCUT2D eigenvalue weighted by atomic mass is 9.88. The number of halogens is 1. The molecule has 1 aromatic heterocycles. The second-order valence-corrected chi connectivity index (χ2v) is 8.84. The van der Waals surface area contributed by atoms with Gasteiger partial charge < -0.3 is 20.5 Å². The maximum Gasteiger partial charge on any atom is 0.253 e. The summed E-state index contributed by atoms with van der Waals surface area (Å²) < 4.78 is 25.9. The number of benzene rings is 2. The summed E-state index contributed by atoms with van der Waals surface area (Å²) in [5, 5.41) is 3.59. The molecular weight excluding hydrogens is 419 g/mol. The normalized spacial score (nSPS) is 15.5. The molecule has 0 bridgehead atoms. The van der Waals surface area contributed by atoms with Crippen LogP contribution in [0.3, 0.4) is 0 Å². The Morgan fingerprint density at radius 2 is 1.97 bits per heavy atom. The molecule has 2 aromatic carbocycles. The second kappa shape index (κ2) is 8.64. The van der Waals surface area contributed by atoms with Crippen LogP contribution >= 0.6 is 11.3 Å². The Bertz CT molecular complexity index is 1140. The zero-order chi connectivity index (χ0) is 22.0. The first-order valence-corrected chi connectivity index (χ1v) is 10.8. The van der Waals surface area contributed by atoms with Gasteiger partial charge in [-0.2, -0.15) is 0 Å². The number of primary amides is 1. The number of ether oxygens (including phenoxy) is 2. The van der Waals surface area contributed by atoms with Gasteiger partial charge in [0.05, 0.1) is 5.56 Å². The summed E-state index contributed by atoms with van der Waals surface area (Å²) in [4.78, 5) is 26.2. The van der Waals surface area contributed by atoms with Crippen molar-refractivity contribution in [1.82, 2.24) is 5.32 Å². The Morgan fingerprint density at radius 1 is 1.23 bits per heavy atom. The first kappa shape index (κ1) is 21.3. The van der Waals surface area contributed by atoms with Crippen molar-refractivity contribution in [1.29, 1.82) is 0 Å². The van der Waals surface area contributed by atoms with Crippen molar-refractivity contribution in [2.24, 2.45) is 5.73 Å². The van der Waals surface area contributed by atoms with Crippen molar-refractivity contribution in [2.45, 2.75) is 31.9 Å². The average Bonchev–Trinajstić information content (AvgIpc) is 3.08. The molecule has 4 rings (SSSR count). The van der Waals surface area contributed by atoms with Crippen LogP contribution in [0.15, 0.2) is 42.5 Å². The number of nitrogens with two attached hydrogens (primary N) is 1. The van der Waals surface area contributed by atoms with Crippen molar-refractivity contribution in [3.8, 4) is 5.75 Å². The molecule has 0 atom stereocenters. The van der Waals surface area contributed by atoms with Crippen molar-refractivity contribution >= 4 is 33.2 Å². The average molecular weight is 443 g/mol. The van der Waals surface area contributed by atoms with E-state index < -0.39 is 11.4 Å². The Hall–Kier alpha value is -2.97. The van der Waals surface area contributed by atoms with Crippen LogP contribution in [0, 0.1) is 12.7 Å².